The zero-order chi connectivity index (χ0) is 19.8. The quantitative estimate of drug-likeness (QED) is 0.603. The van der Waals surface area contributed by atoms with E-state index >= 15 is 0 Å². The number of ether oxygens (including phenoxy) is 1. The van der Waals surface area contributed by atoms with Crippen LogP contribution in [0.1, 0.15) is 34.6 Å². The largest absolute Gasteiger partial charge is 0.444 e. The first-order valence-corrected chi connectivity index (χ1v) is 10.7. The summed E-state index contributed by atoms with van der Waals surface area (Å²) in [5, 5.41) is 5.70. The van der Waals surface area contributed by atoms with Crippen molar-refractivity contribution in [2.24, 2.45) is 0 Å². The number of rotatable bonds is 8. The first-order valence-electron chi connectivity index (χ1n) is 8.97. The Labute approximate surface area is 155 Å². The molecule has 0 radical (unpaired) electrons. The maximum absolute atomic E-state index is 12.9. The van der Waals surface area contributed by atoms with Crippen LogP contribution in [-0.4, -0.2) is 74.1 Å². The Hall–Kier alpha value is -1.15. The highest BCUT2D eigenvalue weighted by atomic mass is 31.2. The highest BCUT2D eigenvalue weighted by Gasteiger charge is 2.36. The SMILES string of the molecule is CCOP(=O)(C[C@@H](NC(=O)OC(C)(C)C)C(=O)N1CCNCC1)OCC. The lowest BCUT2D eigenvalue weighted by atomic mass is 10.2. The number of amides is 2. The summed E-state index contributed by atoms with van der Waals surface area (Å²) >= 11 is 0. The van der Waals surface area contributed by atoms with Crippen LogP contribution in [0.25, 0.3) is 0 Å². The highest BCUT2D eigenvalue weighted by Crippen LogP contribution is 2.48. The van der Waals surface area contributed by atoms with Gasteiger partial charge in [-0.25, -0.2) is 4.79 Å². The monoisotopic (exact) mass is 393 g/mol. The van der Waals surface area contributed by atoms with E-state index in [0.29, 0.717) is 26.2 Å². The third kappa shape index (κ3) is 8.03. The van der Waals surface area contributed by atoms with Crippen LogP contribution in [0.3, 0.4) is 0 Å². The van der Waals surface area contributed by atoms with Crippen LogP contribution in [0.2, 0.25) is 0 Å². The summed E-state index contributed by atoms with van der Waals surface area (Å²) in [6, 6.07) is -1.05. The van der Waals surface area contributed by atoms with Gasteiger partial charge >= 0.3 is 13.7 Å². The van der Waals surface area contributed by atoms with Gasteiger partial charge in [0.2, 0.25) is 5.91 Å². The van der Waals surface area contributed by atoms with Crippen molar-refractivity contribution in [1.82, 2.24) is 15.5 Å². The van der Waals surface area contributed by atoms with Crippen LogP contribution in [0.4, 0.5) is 4.79 Å². The molecule has 2 N–H and O–H groups in total. The van der Waals surface area contributed by atoms with Crippen LogP contribution < -0.4 is 10.6 Å². The number of nitrogens with one attached hydrogen (secondary N) is 2. The second-order valence-electron chi connectivity index (χ2n) is 6.90. The fraction of sp³-hybridized carbons (Fsp3) is 0.875. The van der Waals surface area contributed by atoms with E-state index in [1.54, 1.807) is 39.5 Å². The molecule has 152 valence electrons. The van der Waals surface area contributed by atoms with E-state index in [4.69, 9.17) is 13.8 Å². The summed E-state index contributed by atoms with van der Waals surface area (Å²) in [5.74, 6) is -0.322. The van der Waals surface area contributed by atoms with Gasteiger partial charge in [0.05, 0.1) is 19.4 Å². The third-order valence-corrected chi connectivity index (χ3v) is 5.59. The summed E-state index contributed by atoms with van der Waals surface area (Å²) in [5.41, 5.74) is -0.712. The zero-order valence-corrected chi connectivity index (χ0v) is 17.3. The van der Waals surface area contributed by atoms with Gasteiger partial charge in [0.1, 0.15) is 11.6 Å². The number of carbonyl (C=O) groups excluding carboxylic acids is 2. The molecule has 0 saturated carbocycles. The molecule has 0 aromatic heterocycles. The van der Waals surface area contributed by atoms with E-state index in [0.717, 1.165) is 0 Å². The van der Waals surface area contributed by atoms with Crippen LogP contribution in [0, 0.1) is 0 Å². The van der Waals surface area contributed by atoms with Crippen molar-refractivity contribution < 1.29 is 27.9 Å². The molecule has 0 aliphatic carbocycles. The number of hydrogen-bond acceptors (Lipinski definition) is 7. The average molecular weight is 393 g/mol. The number of piperazine rings is 1. The fourth-order valence-corrected chi connectivity index (χ4v) is 4.27. The molecule has 1 fully saturated rings. The summed E-state index contributed by atoms with van der Waals surface area (Å²) in [6.45, 7) is 11.3. The second kappa shape index (κ2) is 10.3. The van der Waals surface area contributed by atoms with Gasteiger partial charge in [-0.05, 0) is 34.6 Å². The van der Waals surface area contributed by atoms with E-state index in [2.05, 4.69) is 10.6 Å². The first kappa shape index (κ1) is 22.9. The molecule has 1 heterocycles. The number of alkyl carbamates (subject to hydrolysis) is 1. The van der Waals surface area contributed by atoms with Gasteiger partial charge in [-0.15, -0.1) is 0 Å². The van der Waals surface area contributed by atoms with Gasteiger partial charge < -0.3 is 29.3 Å². The van der Waals surface area contributed by atoms with Crippen LogP contribution in [-0.2, 0) is 23.1 Å². The fourth-order valence-electron chi connectivity index (χ4n) is 2.50. The molecule has 0 aromatic rings. The molecular formula is C16H32N3O6P. The Kier molecular flexibility index (Phi) is 9.03. The lowest BCUT2D eigenvalue weighted by Crippen LogP contribution is -2.55. The topological polar surface area (TPSA) is 106 Å². The number of carbonyl (C=O) groups is 2. The van der Waals surface area contributed by atoms with Crippen LogP contribution in [0.5, 0.6) is 0 Å². The van der Waals surface area contributed by atoms with Crippen LogP contribution >= 0.6 is 7.60 Å². The van der Waals surface area contributed by atoms with Crippen LogP contribution in [0.15, 0.2) is 0 Å². The Bertz CT molecular complexity index is 507. The maximum atomic E-state index is 12.9. The third-order valence-electron chi connectivity index (χ3n) is 3.48. The van der Waals surface area contributed by atoms with Gasteiger partial charge in [0.25, 0.3) is 0 Å². The molecule has 0 bridgehead atoms. The van der Waals surface area contributed by atoms with Crippen molar-refractivity contribution in [2.75, 3.05) is 45.6 Å². The second-order valence-corrected chi connectivity index (χ2v) is 9.01. The first-order chi connectivity index (χ1) is 12.1. The highest BCUT2D eigenvalue weighted by molar-refractivity contribution is 7.54. The van der Waals surface area contributed by atoms with Crippen molar-refractivity contribution in [2.45, 2.75) is 46.3 Å². The van der Waals surface area contributed by atoms with Gasteiger partial charge in [-0.1, -0.05) is 0 Å². The molecule has 1 aliphatic rings. The van der Waals surface area contributed by atoms with E-state index in [-0.39, 0.29) is 25.3 Å². The summed E-state index contributed by atoms with van der Waals surface area (Å²) < 4.78 is 28.7. The smallest absolute Gasteiger partial charge is 0.408 e. The Morgan fingerprint density at radius 2 is 1.69 bits per heavy atom. The molecule has 26 heavy (non-hydrogen) atoms. The van der Waals surface area contributed by atoms with Gasteiger partial charge in [0, 0.05) is 26.2 Å². The Morgan fingerprint density at radius 3 is 2.15 bits per heavy atom. The molecule has 1 rings (SSSR count). The zero-order valence-electron chi connectivity index (χ0n) is 16.4. The van der Waals surface area contributed by atoms with E-state index in [1.165, 1.54) is 0 Å². The number of nitrogens with zero attached hydrogens (tertiary/aromatic N) is 1. The molecule has 0 spiro atoms. The minimum atomic E-state index is -3.52. The predicted octanol–water partition coefficient (Wildman–Crippen LogP) is 1.58. The molecule has 0 aromatic carbocycles. The normalized spacial score (nSPS) is 16.9. The molecule has 10 heteroatoms. The minimum absolute atomic E-state index is 0.179. The predicted molar refractivity (Wildman–Crippen MR) is 98.3 cm³/mol. The van der Waals surface area contributed by atoms with Gasteiger partial charge in [-0.2, -0.15) is 0 Å². The molecule has 0 unspecified atom stereocenters. The lowest BCUT2D eigenvalue weighted by Gasteiger charge is -2.32. The minimum Gasteiger partial charge on any atom is -0.444 e. The van der Waals surface area contributed by atoms with Gasteiger partial charge in [0.15, 0.2) is 0 Å². The van der Waals surface area contributed by atoms with Crippen molar-refractivity contribution in [3.05, 3.63) is 0 Å². The standard InChI is InChI=1S/C16H32N3O6P/c1-6-23-26(22,24-7-2)12-13(18-15(21)25-16(3,4)5)14(20)19-10-8-17-9-11-19/h13,17H,6-12H2,1-5H3,(H,18,21)/t13-/m1/s1. The van der Waals surface area contributed by atoms with E-state index in [1.807, 2.05) is 0 Å². The molecule has 1 atom stereocenters. The van der Waals surface area contributed by atoms with Crippen molar-refractivity contribution >= 4 is 19.6 Å². The Balaban J connectivity index is 2.93. The van der Waals surface area contributed by atoms with E-state index < -0.39 is 25.3 Å². The molecule has 1 aliphatic heterocycles. The Morgan fingerprint density at radius 1 is 1.15 bits per heavy atom. The molecular weight excluding hydrogens is 361 g/mol. The molecule has 2 amide bonds. The number of hydrogen-bond donors (Lipinski definition) is 2. The van der Waals surface area contributed by atoms with Crippen molar-refractivity contribution in [3.8, 4) is 0 Å². The summed E-state index contributed by atoms with van der Waals surface area (Å²) in [7, 11) is -3.52. The van der Waals surface area contributed by atoms with E-state index in [9.17, 15) is 14.2 Å². The molecule has 1 saturated heterocycles. The average Bonchev–Trinajstić information content (AvgIpc) is 2.53. The maximum Gasteiger partial charge on any atom is 0.408 e. The van der Waals surface area contributed by atoms with Gasteiger partial charge in [-0.3, -0.25) is 9.36 Å². The lowest BCUT2D eigenvalue weighted by molar-refractivity contribution is -0.133. The summed E-state index contributed by atoms with van der Waals surface area (Å²) in [6.07, 6.45) is -0.984. The van der Waals surface area contributed by atoms with Crippen molar-refractivity contribution in [3.63, 3.8) is 0 Å². The summed E-state index contributed by atoms with van der Waals surface area (Å²) in [4.78, 5) is 26.7. The molecule has 9 nitrogen and oxygen atoms in total. The van der Waals surface area contributed by atoms with Crippen molar-refractivity contribution in [1.29, 1.82) is 0 Å².